The van der Waals surface area contributed by atoms with Gasteiger partial charge in [-0.1, -0.05) is 0 Å². The quantitative estimate of drug-likeness (QED) is 0.580. The third-order valence-electron chi connectivity index (χ3n) is 2.28. The highest BCUT2D eigenvalue weighted by Crippen LogP contribution is 2.08. The average molecular weight is 167 g/mol. The van der Waals surface area contributed by atoms with Gasteiger partial charge in [0, 0.05) is 24.2 Å². The molecule has 0 aliphatic carbocycles. The Labute approximate surface area is 70.4 Å². The van der Waals surface area contributed by atoms with Gasteiger partial charge >= 0.3 is 0 Å². The summed E-state index contributed by atoms with van der Waals surface area (Å²) < 4.78 is 0. The van der Waals surface area contributed by atoms with Crippen LogP contribution in [0.15, 0.2) is 10.9 Å². The Morgan fingerprint density at radius 2 is 2.42 bits per heavy atom. The number of rotatable bonds is 2. The van der Waals surface area contributed by atoms with Gasteiger partial charge in [-0.25, -0.2) is 0 Å². The second-order valence-electron chi connectivity index (χ2n) is 3.28. The molecule has 1 saturated heterocycles. The molecule has 1 aromatic heterocycles. The summed E-state index contributed by atoms with van der Waals surface area (Å²) in [5.74, 6) is 0. The Balaban J connectivity index is 1.98. The minimum atomic E-state index is -0.0389. The number of aromatic nitrogens is 2. The van der Waals surface area contributed by atoms with Gasteiger partial charge < -0.3 is 10.4 Å². The Bertz CT molecular complexity index is 295. The first-order valence-electron chi connectivity index (χ1n) is 4.34. The molecule has 66 valence electrons. The minimum absolute atomic E-state index is 0.0389. The van der Waals surface area contributed by atoms with Crippen LogP contribution in [0.5, 0.6) is 0 Å². The largest absolute Gasteiger partial charge is 0.314 e. The van der Waals surface area contributed by atoms with Crippen LogP contribution in [0.3, 0.4) is 0 Å². The van der Waals surface area contributed by atoms with Gasteiger partial charge in [-0.3, -0.25) is 9.89 Å². The molecule has 0 aromatic carbocycles. The molecule has 12 heavy (non-hydrogen) atoms. The third-order valence-corrected chi connectivity index (χ3v) is 2.28. The SMILES string of the molecule is O=c1cc(CC2CCCN2)[nH][nH]1. The molecule has 2 heterocycles. The molecular weight excluding hydrogens is 154 g/mol. The highest BCUT2D eigenvalue weighted by molar-refractivity contribution is 5.01. The van der Waals surface area contributed by atoms with Crippen molar-refractivity contribution in [3.05, 3.63) is 22.1 Å². The van der Waals surface area contributed by atoms with Crippen LogP contribution in [0, 0.1) is 0 Å². The topological polar surface area (TPSA) is 60.7 Å². The normalized spacial score (nSPS) is 23.2. The van der Waals surface area contributed by atoms with Crippen LogP contribution in [-0.2, 0) is 6.42 Å². The fourth-order valence-electron chi connectivity index (χ4n) is 1.68. The predicted octanol–water partition coefficient (Wildman–Crippen LogP) is -0.00250. The molecule has 1 unspecified atom stereocenters. The lowest BCUT2D eigenvalue weighted by Crippen LogP contribution is -2.23. The van der Waals surface area contributed by atoms with Crippen LogP contribution in [-0.4, -0.2) is 22.8 Å². The van der Waals surface area contributed by atoms with Gasteiger partial charge in [-0.2, -0.15) is 0 Å². The molecule has 4 heteroatoms. The second-order valence-corrected chi connectivity index (χ2v) is 3.28. The number of hydrogen-bond acceptors (Lipinski definition) is 2. The Morgan fingerprint density at radius 3 is 3.00 bits per heavy atom. The van der Waals surface area contributed by atoms with E-state index < -0.39 is 0 Å². The standard InChI is InChI=1S/C8H13N3O/c12-8-5-7(10-11-8)4-6-2-1-3-9-6/h5-6,9H,1-4H2,(H2,10,11,12). The number of H-pyrrole nitrogens is 2. The van der Waals surface area contributed by atoms with Gasteiger partial charge in [-0.15, -0.1) is 0 Å². The highest BCUT2D eigenvalue weighted by Gasteiger charge is 2.14. The first-order chi connectivity index (χ1) is 5.84. The van der Waals surface area contributed by atoms with Crippen LogP contribution >= 0.6 is 0 Å². The minimum Gasteiger partial charge on any atom is -0.314 e. The zero-order valence-corrected chi connectivity index (χ0v) is 6.89. The van der Waals surface area contributed by atoms with Gasteiger partial charge in [0.25, 0.3) is 5.56 Å². The summed E-state index contributed by atoms with van der Waals surface area (Å²) in [5.41, 5.74) is 0.961. The van der Waals surface area contributed by atoms with Crippen LogP contribution < -0.4 is 10.9 Å². The Hall–Kier alpha value is -1.03. The van der Waals surface area contributed by atoms with Crippen LogP contribution in [0.1, 0.15) is 18.5 Å². The summed E-state index contributed by atoms with van der Waals surface area (Å²) in [4.78, 5) is 10.8. The zero-order chi connectivity index (χ0) is 8.39. The molecule has 2 rings (SSSR count). The predicted molar refractivity (Wildman–Crippen MR) is 46.1 cm³/mol. The van der Waals surface area contributed by atoms with Crippen molar-refractivity contribution >= 4 is 0 Å². The van der Waals surface area contributed by atoms with E-state index in [0.717, 1.165) is 18.7 Å². The average Bonchev–Trinajstić information content (AvgIpc) is 2.63. The molecule has 1 aliphatic heterocycles. The molecule has 0 amide bonds. The van der Waals surface area contributed by atoms with Crippen molar-refractivity contribution in [3.8, 4) is 0 Å². The van der Waals surface area contributed by atoms with E-state index in [4.69, 9.17) is 0 Å². The molecule has 0 spiro atoms. The van der Waals surface area contributed by atoms with Crippen LogP contribution in [0.4, 0.5) is 0 Å². The number of hydrogen-bond donors (Lipinski definition) is 3. The smallest absolute Gasteiger partial charge is 0.264 e. The summed E-state index contributed by atoms with van der Waals surface area (Å²) in [7, 11) is 0. The maximum Gasteiger partial charge on any atom is 0.264 e. The lowest BCUT2D eigenvalue weighted by Gasteiger charge is -2.06. The summed E-state index contributed by atoms with van der Waals surface area (Å²) in [5, 5.41) is 8.77. The van der Waals surface area contributed by atoms with E-state index >= 15 is 0 Å². The molecule has 0 radical (unpaired) electrons. The first-order valence-corrected chi connectivity index (χ1v) is 4.34. The maximum atomic E-state index is 10.8. The van der Waals surface area contributed by atoms with E-state index in [-0.39, 0.29) is 5.56 Å². The van der Waals surface area contributed by atoms with Crippen molar-refractivity contribution in [1.29, 1.82) is 0 Å². The maximum absolute atomic E-state index is 10.8. The van der Waals surface area contributed by atoms with E-state index in [9.17, 15) is 4.79 Å². The fraction of sp³-hybridized carbons (Fsp3) is 0.625. The van der Waals surface area contributed by atoms with E-state index in [1.54, 1.807) is 6.07 Å². The molecule has 0 saturated carbocycles. The molecule has 4 nitrogen and oxygen atoms in total. The molecule has 3 N–H and O–H groups in total. The molecule has 0 bridgehead atoms. The fourth-order valence-corrected chi connectivity index (χ4v) is 1.68. The lowest BCUT2D eigenvalue weighted by molar-refractivity contribution is 0.594. The molecule has 1 atom stereocenters. The summed E-state index contributed by atoms with van der Waals surface area (Å²) in [6.07, 6.45) is 3.39. The molecule has 1 aliphatic rings. The Kier molecular flexibility index (Phi) is 1.99. The zero-order valence-electron chi connectivity index (χ0n) is 6.89. The summed E-state index contributed by atoms with van der Waals surface area (Å²) in [6, 6.07) is 2.18. The number of nitrogens with one attached hydrogen (secondary N) is 3. The van der Waals surface area contributed by atoms with E-state index in [1.165, 1.54) is 12.8 Å². The van der Waals surface area contributed by atoms with Crippen molar-refractivity contribution in [2.24, 2.45) is 0 Å². The Morgan fingerprint density at radius 1 is 1.50 bits per heavy atom. The summed E-state index contributed by atoms with van der Waals surface area (Å²) >= 11 is 0. The van der Waals surface area contributed by atoms with Crippen molar-refractivity contribution in [2.75, 3.05) is 6.54 Å². The van der Waals surface area contributed by atoms with Crippen LogP contribution in [0.2, 0.25) is 0 Å². The van der Waals surface area contributed by atoms with Crippen molar-refractivity contribution < 1.29 is 0 Å². The lowest BCUT2D eigenvalue weighted by atomic mass is 10.1. The molecule has 1 aromatic rings. The van der Waals surface area contributed by atoms with Gasteiger partial charge in [-0.05, 0) is 19.4 Å². The first kappa shape index (κ1) is 7.61. The van der Waals surface area contributed by atoms with E-state index in [0.29, 0.717) is 6.04 Å². The highest BCUT2D eigenvalue weighted by atomic mass is 16.1. The number of aromatic amines is 2. The molecule has 1 fully saturated rings. The van der Waals surface area contributed by atoms with E-state index in [1.807, 2.05) is 0 Å². The van der Waals surface area contributed by atoms with E-state index in [2.05, 4.69) is 15.5 Å². The van der Waals surface area contributed by atoms with Crippen molar-refractivity contribution in [1.82, 2.24) is 15.5 Å². The van der Waals surface area contributed by atoms with Gasteiger partial charge in [0.1, 0.15) is 0 Å². The monoisotopic (exact) mass is 167 g/mol. The van der Waals surface area contributed by atoms with Crippen molar-refractivity contribution in [2.45, 2.75) is 25.3 Å². The third kappa shape index (κ3) is 1.58. The van der Waals surface area contributed by atoms with Crippen molar-refractivity contribution in [3.63, 3.8) is 0 Å². The van der Waals surface area contributed by atoms with Gasteiger partial charge in [0.15, 0.2) is 0 Å². The molecular formula is C8H13N3O. The van der Waals surface area contributed by atoms with Gasteiger partial charge in [0.2, 0.25) is 0 Å². The summed E-state index contributed by atoms with van der Waals surface area (Å²) in [6.45, 7) is 1.11. The second kappa shape index (κ2) is 3.15. The van der Waals surface area contributed by atoms with Gasteiger partial charge in [0.05, 0.1) is 0 Å². The van der Waals surface area contributed by atoms with Crippen LogP contribution in [0.25, 0.3) is 0 Å².